The third kappa shape index (κ3) is 3.74. The Morgan fingerprint density at radius 1 is 1.04 bits per heavy atom. The highest BCUT2D eigenvalue weighted by atomic mass is 32.1. The predicted molar refractivity (Wildman–Crippen MR) is 96.3 cm³/mol. The summed E-state index contributed by atoms with van der Waals surface area (Å²) in [6.45, 7) is 6.49. The summed E-state index contributed by atoms with van der Waals surface area (Å²) in [5.74, 6) is 1.57. The average Bonchev–Trinajstić information content (AvgIpc) is 2.93. The summed E-state index contributed by atoms with van der Waals surface area (Å²) in [7, 11) is 0. The van der Waals surface area contributed by atoms with Crippen molar-refractivity contribution >= 4 is 23.0 Å². The van der Waals surface area contributed by atoms with Crippen LogP contribution in [0.4, 0.5) is 5.69 Å². The minimum Gasteiger partial charge on any atom is -0.454 e. The number of fused-ring (bicyclic) bond motifs is 1. The highest BCUT2D eigenvalue weighted by Crippen LogP contribution is 2.34. The van der Waals surface area contributed by atoms with Crippen LogP contribution in [0.3, 0.4) is 0 Å². The molecule has 0 saturated carbocycles. The summed E-state index contributed by atoms with van der Waals surface area (Å²) in [4.78, 5) is 0. The first-order valence-electron chi connectivity index (χ1n) is 7.56. The number of thiocarbonyl (C=S) groups is 1. The monoisotopic (exact) mass is 328 g/mol. The standard InChI is InChI=1S/C18H20N2O2S/c1-11-6-12(2)8-15(7-11)20-18(23)19-13(3)14-4-5-16-17(9-14)22-10-21-16/h4-9,13H,10H2,1-3H3,(H2,19,20,23). The molecule has 1 aliphatic rings. The van der Waals surface area contributed by atoms with Gasteiger partial charge in [-0.05, 0) is 73.9 Å². The van der Waals surface area contributed by atoms with Gasteiger partial charge in [0.15, 0.2) is 16.6 Å². The first-order chi connectivity index (χ1) is 11.0. The van der Waals surface area contributed by atoms with Crippen LogP contribution in [0.5, 0.6) is 11.5 Å². The van der Waals surface area contributed by atoms with E-state index in [0.717, 1.165) is 22.7 Å². The molecule has 1 heterocycles. The number of benzene rings is 2. The van der Waals surface area contributed by atoms with Crippen LogP contribution in [-0.4, -0.2) is 11.9 Å². The van der Waals surface area contributed by atoms with E-state index in [2.05, 4.69) is 49.6 Å². The zero-order chi connectivity index (χ0) is 16.4. The van der Waals surface area contributed by atoms with E-state index >= 15 is 0 Å². The Morgan fingerprint density at radius 2 is 1.74 bits per heavy atom. The Morgan fingerprint density at radius 3 is 2.48 bits per heavy atom. The smallest absolute Gasteiger partial charge is 0.231 e. The Labute approximate surface area is 141 Å². The van der Waals surface area contributed by atoms with Gasteiger partial charge in [0, 0.05) is 5.69 Å². The lowest BCUT2D eigenvalue weighted by Crippen LogP contribution is -2.30. The molecule has 0 aromatic heterocycles. The molecule has 1 atom stereocenters. The van der Waals surface area contributed by atoms with Crippen LogP contribution in [0.2, 0.25) is 0 Å². The molecule has 4 nitrogen and oxygen atoms in total. The topological polar surface area (TPSA) is 42.5 Å². The molecule has 23 heavy (non-hydrogen) atoms. The first kappa shape index (κ1) is 15.6. The van der Waals surface area contributed by atoms with Crippen molar-refractivity contribution in [1.29, 1.82) is 0 Å². The molecular weight excluding hydrogens is 308 g/mol. The molecule has 2 aromatic carbocycles. The Balaban J connectivity index is 1.65. The van der Waals surface area contributed by atoms with Crippen LogP contribution >= 0.6 is 12.2 Å². The zero-order valence-corrected chi connectivity index (χ0v) is 14.3. The lowest BCUT2D eigenvalue weighted by molar-refractivity contribution is 0.174. The van der Waals surface area contributed by atoms with Crippen molar-refractivity contribution in [3.05, 3.63) is 53.1 Å². The third-order valence-corrected chi connectivity index (χ3v) is 3.94. The van der Waals surface area contributed by atoms with E-state index < -0.39 is 0 Å². The van der Waals surface area contributed by atoms with Crippen molar-refractivity contribution in [2.24, 2.45) is 0 Å². The molecule has 120 valence electrons. The van der Waals surface area contributed by atoms with Crippen molar-refractivity contribution in [1.82, 2.24) is 5.32 Å². The minimum absolute atomic E-state index is 0.0652. The van der Waals surface area contributed by atoms with Crippen molar-refractivity contribution < 1.29 is 9.47 Å². The number of hydrogen-bond acceptors (Lipinski definition) is 3. The summed E-state index contributed by atoms with van der Waals surface area (Å²) >= 11 is 5.42. The van der Waals surface area contributed by atoms with Gasteiger partial charge in [-0.1, -0.05) is 12.1 Å². The van der Waals surface area contributed by atoms with Gasteiger partial charge in [0.05, 0.1) is 6.04 Å². The molecule has 0 saturated heterocycles. The molecule has 1 aliphatic heterocycles. The number of hydrogen-bond donors (Lipinski definition) is 2. The van der Waals surface area contributed by atoms with E-state index in [1.54, 1.807) is 0 Å². The third-order valence-electron chi connectivity index (χ3n) is 3.72. The van der Waals surface area contributed by atoms with Crippen molar-refractivity contribution in [3.8, 4) is 11.5 Å². The fraction of sp³-hybridized carbons (Fsp3) is 0.278. The van der Waals surface area contributed by atoms with Gasteiger partial charge in [0.2, 0.25) is 6.79 Å². The van der Waals surface area contributed by atoms with E-state index in [0.29, 0.717) is 5.11 Å². The van der Waals surface area contributed by atoms with E-state index in [4.69, 9.17) is 21.7 Å². The molecule has 5 heteroatoms. The maximum atomic E-state index is 5.42. The fourth-order valence-corrected chi connectivity index (χ4v) is 2.97. The lowest BCUT2D eigenvalue weighted by atomic mass is 10.1. The van der Waals surface area contributed by atoms with Gasteiger partial charge in [-0.25, -0.2) is 0 Å². The summed E-state index contributed by atoms with van der Waals surface area (Å²) in [6.07, 6.45) is 0. The number of nitrogens with one attached hydrogen (secondary N) is 2. The Kier molecular flexibility index (Phi) is 4.39. The van der Waals surface area contributed by atoms with Crippen LogP contribution in [0.15, 0.2) is 36.4 Å². The molecule has 0 aliphatic carbocycles. The van der Waals surface area contributed by atoms with E-state index in [1.165, 1.54) is 11.1 Å². The zero-order valence-electron chi connectivity index (χ0n) is 13.5. The molecule has 0 radical (unpaired) electrons. The molecule has 0 fully saturated rings. The van der Waals surface area contributed by atoms with Gasteiger partial charge in [0.1, 0.15) is 0 Å². The van der Waals surface area contributed by atoms with Crippen molar-refractivity contribution in [2.45, 2.75) is 26.8 Å². The quantitative estimate of drug-likeness (QED) is 0.831. The molecule has 2 N–H and O–H groups in total. The molecule has 0 spiro atoms. The second-order valence-electron chi connectivity index (χ2n) is 5.81. The highest BCUT2D eigenvalue weighted by molar-refractivity contribution is 7.80. The van der Waals surface area contributed by atoms with Gasteiger partial charge < -0.3 is 20.1 Å². The first-order valence-corrected chi connectivity index (χ1v) is 7.97. The van der Waals surface area contributed by atoms with Gasteiger partial charge >= 0.3 is 0 Å². The van der Waals surface area contributed by atoms with Crippen LogP contribution in [0, 0.1) is 13.8 Å². The normalized spacial score (nSPS) is 13.5. The largest absolute Gasteiger partial charge is 0.454 e. The molecule has 3 rings (SSSR count). The second kappa shape index (κ2) is 6.46. The van der Waals surface area contributed by atoms with Gasteiger partial charge in [-0.15, -0.1) is 0 Å². The Bertz CT molecular complexity index is 726. The van der Waals surface area contributed by atoms with E-state index in [-0.39, 0.29) is 12.8 Å². The number of ether oxygens (including phenoxy) is 2. The summed E-state index contributed by atoms with van der Waals surface area (Å²) < 4.78 is 10.8. The van der Waals surface area contributed by atoms with Crippen LogP contribution in [0.25, 0.3) is 0 Å². The minimum atomic E-state index is 0.0652. The second-order valence-corrected chi connectivity index (χ2v) is 6.22. The average molecular weight is 328 g/mol. The van der Waals surface area contributed by atoms with Crippen LogP contribution in [-0.2, 0) is 0 Å². The molecular formula is C18H20N2O2S. The number of anilines is 1. The predicted octanol–water partition coefficient (Wildman–Crippen LogP) is 4.08. The molecule has 0 amide bonds. The fourth-order valence-electron chi connectivity index (χ4n) is 2.68. The van der Waals surface area contributed by atoms with Gasteiger partial charge in [-0.2, -0.15) is 0 Å². The van der Waals surface area contributed by atoms with Gasteiger partial charge in [-0.3, -0.25) is 0 Å². The SMILES string of the molecule is Cc1cc(C)cc(NC(=S)NC(C)c2ccc3c(c2)OCO3)c1. The molecule has 0 bridgehead atoms. The van der Waals surface area contributed by atoms with E-state index in [9.17, 15) is 0 Å². The van der Waals surface area contributed by atoms with Gasteiger partial charge in [0.25, 0.3) is 0 Å². The number of aryl methyl sites for hydroxylation is 2. The molecule has 1 unspecified atom stereocenters. The Hall–Kier alpha value is -2.27. The van der Waals surface area contributed by atoms with E-state index in [1.807, 2.05) is 18.2 Å². The highest BCUT2D eigenvalue weighted by Gasteiger charge is 2.16. The lowest BCUT2D eigenvalue weighted by Gasteiger charge is -2.18. The summed E-state index contributed by atoms with van der Waals surface area (Å²) in [6, 6.07) is 12.3. The maximum Gasteiger partial charge on any atom is 0.231 e. The van der Waals surface area contributed by atoms with Crippen LogP contribution in [0.1, 0.15) is 29.7 Å². The van der Waals surface area contributed by atoms with Crippen molar-refractivity contribution in [3.63, 3.8) is 0 Å². The number of rotatable bonds is 3. The molecule has 2 aromatic rings. The van der Waals surface area contributed by atoms with Crippen LogP contribution < -0.4 is 20.1 Å². The summed E-state index contributed by atoms with van der Waals surface area (Å²) in [5.41, 5.74) is 4.51. The maximum absolute atomic E-state index is 5.42. The van der Waals surface area contributed by atoms with Crippen molar-refractivity contribution in [2.75, 3.05) is 12.1 Å². The summed E-state index contributed by atoms with van der Waals surface area (Å²) in [5, 5.41) is 7.14.